The summed E-state index contributed by atoms with van der Waals surface area (Å²) in [5, 5.41) is 0. The molecule has 6 heteroatoms. The molecule has 0 bridgehead atoms. The minimum atomic E-state index is 0.516. The Morgan fingerprint density at radius 3 is 2.94 bits per heavy atom. The van der Waals surface area contributed by atoms with Crippen LogP contribution in [-0.4, -0.2) is 33.7 Å². The van der Waals surface area contributed by atoms with Crippen LogP contribution in [0.15, 0.2) is 12.1 Å². The highest BCUT2D eigenvalue weighted by Crippen LogP contribution is 2.19. The topological polar surface area (TPSA) is 66.0 Å². The Morgan fingerprint density at radius 1 is 1.41 bits per heavy atom. The highest BCUT2D eigenvalue weighted by atomic mass is 32.2. The number of aryl methyl sites for hydroxylation is 1. The monoisotopic (exact) mass is 252 g/mol. The fraction of sp³-hybridized carbons (Fsp3) is 0.455. The number of nitrogens with zero attached hydrogens (tertiary/aromatic N) is 3. The Labute approximate surface area is 104 Å². The van der Waals surface area contributed by atoms with E-state index in [1.807, 2.05) is 22.4 Å². The lowest BCUT2D eigenvalue weighted by Gasteiger charge is -2.05. The van der Waals surface area contributed by atoms with Gasteiger partial charge in [-0.05, 0) is 24.5 Å². The SMILES string of the molecule is COc1ccc2nc(N)n(CCCSC)c2n1. The number of fused-ring (bicyclic) bond motifs is 1. The smallest absolute Gasteiger partial charge is 0.215 e. The van der Waals surface area contributed by atoms with Crippen molar-refractivity contribution < 1.29 is 4.74 Å². The third-order valence-corrected chi connectivity index (χ3v) is 3.23. The van der Waals surface area contributed by atoms with Gasteiger partial charge in [-0.25, -0.2) is 4.98 Å². The number of methoxy groups -OCH3 is 1. The molecule has 0 atom stereocenters. The first kappa shape index (κ1) is 12.0. The molecule has 0 spiro atoms. The van der Waals surface area contributed by atoms with Crippen LogP contribution < -0.4 is 10.5 Å². The number of hydrogen-bond donors (Lipinski definition) is 1. The second kappa shape index (κ2) is 5.27. The van der Waals surface area contributed by atoms with Gasteiger partial charge in [-0.1, -0.05) is 0 Å². The van der Waals surface area contributed by atoms with E-state index in [1.54, 1.807) is 13.2 Å². The molecule has 0 saturated carbocycles. The Kier molecular flexibility index (Phi) is 3.73. The van der Waals surface area contributed by atoms with Crippen LogP contribution in [0.2, 0.25) is 0 Å². The van der Waals surface area contributed by atoms with E-state index >= 15 is 0 Å². The molecule has 2 rings (SSSR count). The summed E-state index contributed by atoms with van der Waals surface area (Å²) < 4.78 is 7.05. The van der Waals surface area contributed by atoms with Gasteiger partial charge in [-0.15, -0.1) is 0 Å². The third-order valence-electron chi connectivity index (χ3n) is 2.54. The van der Waals surface area contributed by atoms with Crippen molar-refractivity contribution in [2.24, 2.45) is 0 Å². The van der Waals surface area contributed by atoms with Crippen LogP contribution in [0.25, 0.3) is 11.2 Å². The first-order valence-corrected chi connectivity index (χ1v) is 6.81. The average Bonchev–Trinajstić information content (AvgIpc) is 2.65. The first-order valence-electron chi connectivity index (χ1n) is 5.42. The Balaban J connectivity index is 2.34. The van der Waals surface area contributed by atoms with E-state index < -0.39 is 0 Å². The number of ether oxygens (including phenoxy) is 1. The van der Waals surface area contributed by atoms with E-state index in [-0.39, 0.29) is 0 Å². The molecule has 0 aliphatic carbocycles. The highest BCUT2D eigenvalue weighted by molar-refractivity contribution is 7.98. The van der Waals surface area contributed by atoms with Crippen molar-refractivity contribution in [2.45, 2.75) is 13.0 Å². The zero-order valence-corrected chi connectivity index (χ0v) is 10.8. The predicted octanol–water partition coefficient (Wildman–Crippen LogP) is 1.78. The Hall–Kier alpha value is -1.43. The number of rotatable bonds is 5. The van der Waals surface area contributed by atoms with Gasteiger partial charge in [-0.3, -0.25) is 4.57 Å². The lowest BCUT2D eigenvalue weighted by atomic mass is 10.4. The van der Waals surface area contributed by atoms with Crippen LogP contribution in [0.4, 0.5) is 5.95 Å². The van der Waals surface area contributed by atoms with Crippen molar-refractivity contribution >= 4 is 28.9 Å². The summed E-state index contributed by atoms with van der Waals surface area (Å²) in [5.41, 5.74) is 7.50. The lowest BCUT2D eigenvalue weighted by Crippen LogP contribution is -2.05. The van der Waals surface area contributed by atoms with Crippen molar-refractivity contribution in [3.05, 3.63) is 12.1 Å². The molecule has 0 aliphatic rings. The number of pyridine rings is 1. The molecule has 5 nitrogen and oxygen atoms in total. The highest BCUT2D eigenvalue weighted by Gasteiger charge is 2.10. The van der Waals surface area contributed by atoms with E-state index in [2.05, 4.69) is 16.2 Å². The van der Waals surface area contributed by atoms with Crippen molar-refractivity contribution in [1.82, 2.24) is 14.5 Å². The van der Waals surface area contributed by atoms with Gasteiger partial charge in [0.1, 0.15) is 5.52 Å². The zero-order valence-electron chi connectivity index (χ0n) is 10.0. The average molecular weight is 252 g/mol. The molecule has 0 radical (unpaired) electrons. The second-order valence-electron chi connectivity index (χ2n) is 3.66. The van der Waals surface area contributed by atoms with Gasteiger partial charge in [0.2, 0.25) is 11.8 Å². The Bertz CT molecular complexity index is 511. The summed E-state index contributed by atoms with van der Waals surface area (Å²) in [7, 11) is 1.60. The molecule has 0 fully saturated rings. The molecule has 0 amide bonds. The summed E-state index contributed by atoms with van der Waals surface area (Å²) >= 11 is 1.82. The van der Waals surface area contributed by atoms with Crippen molar-refractivity contribution in [1.29, 1.82) is 0 Å². The minimum absolute atomic E-state index is 0.516. The van der Waals surface area contributed by atoms with Crippen molar-refractivity contribution in [3.8, 4) is 5.88 Å². The molecule has 0 saturated heterocycles. The Morgan fingerprint density at radius 2 is 2.24 bits per heavy atom. The molecular weight excluding hydrogens is 236 g/mol. The molecule has 2 N–H and O–H groups in total. The van der Waals surface area contributed by atoms with Gasteiger partial charge < -0.3 is 10.5 Å². The lowest BCUT2D eigenvalue weighted by molar-refractivity contribution is 0.399. The third kappa shape index (κ3) is 2.46. The molecule has 0 aliphatic heterocycles. The molecule has 2 aromatic rings. The number of aromatic nitrogens is 3. The first-order chi connectivity index (χ1) is 8.26. The maximum atomic E-state index is 5.89. The van der Waals surface area contributed by atoms with E-state index in [9.17, 15) is 0 Å². The zero-order chi connectivity index (χ0) is 12.3. The number of anilines is 1. The van der Waals surface area contributed by atoms with E-state index in [1.165, 1.54) is 0 Å². The fourth-order valence-corrected chi connectivity index (χ4v) is 2.12. The van der Waals surface area contributed by atoms with Crippen molar-refractivity contribution in [3.63, 3.8) is 0 Å². The summed E-state index contributed by atoms with van der Waals surface area (Å²) in [4.78, 5) is 8.67. The van der Waals surface area contributed by atoms with Crippen LogP contribution in [0.3, 0.4) is 0 Å². The van der Waals surface area contributed by atoms with Gasteiger partial charge in [0, 0.05) is 12.6 Å². The van der Waals surface area contributed by atoms with E-state index in [0.29, 0.717) is 11.8 Å². The quantitative estimate of drug-likeness (QED) is 0.822. The molecule has 0 unspecified atom stereocenters. The standard InChI is InChI=1S/C11H16N4OS/c1-16-9-5-4-8-10(14-9)15(11(12)13-8)6-3-7-17-2/h4-5H,3,6-7H2,1-2H3,(H2,12,13). The largest absolute Gasteiger partial charge is 0.481 e. The minimum Gasteiger partial charge on any atom is -0.481 e. The molecular formula is C11H16N4OS. The normalized spacial score (nSPS) is 10.9. The molecule has 2 heterocycles. The number of nitrogens with two attached hydrogens (primary N) is 1. The van der Waals surface area contributed by atoms with Gasteiger partial charge in [-0.2, -0.15) is 16.7 Å². The molecule has 0 aromatic carbocycles. The summed E-state index contributed by atoms with van der Waals surface area (Å²) in [6.07, 6.45) is 3.15. The van der Waals surface area contributed by atoms with Crippen LogP contribution in [-0.2, 0) is 6.54 Å². The van der Waals surface area contributed by atoms with Gasteiger partial charge >= 0.3 is 0 Å². The molecule has 2 aromatic heterocycles. The van der Waals surface area contributed by atoms with Crippen LogP contribution in [0, 0.1) is 0 Å². The van der Waals surface area contributed by atoms with Gasteiger partial charge in [0.25, 0.3) is 0 Å². The molecule has 92 valence electrons. The van der Waals surface area contributed by atoms with Gasteiger partial charge in [0.05, 0.1) is 7.11 Å². The van der Waals surface area contributed by atoms with Crippen molar-refractivity contribution in [2.75, 3.05) is 24.9 Å². The second-order valence-corrected chi connectivity index (χ2v) is 4.65. The number of thioether (sulfide) groups is 1. The summed E-state index contributed by atoms with van der Waals surface area (Å²) in [6.45, 7) is 0.837. The number of hydrogen-bond acceptors (Lipinski definition) is 5. The number of nitrogen functional groups attached to an aromatic ring is 1. The predicted molar refractivity (Wildman–Crippen MR) is 71.5 cm³/mol. The number of imidazole rings is 1. The maximum Gasteiger partial charge on any atom is 0.215 e. The maximum absolute atomic E-state index is 5.89. The summed E-state index contributed by atoms with van der Waals surface area (Å²) in [5.74, 6) is 2.20. The molecule has 17 heavy (non-hydrogen) atoms. The van der Waals surface area contributed by atoms with Crippen LogP contribution >= 0.6 is 11.8 Å². The van der Waals surface area contributed by atoms with E-state index in [4.69, 9.17) is 10.5 Å². The summed E-state index contributed by atoms with van der Waals surface area (Å²) in [6, 6.07) is 3.67. The van der Waals surface area contributed by atoms with Crippen LogP contribution in [0.1, 0.15) is 6.42 Å². The fourth-order valence-electron chi connectivity index (χ4n) is 1.70. The van der Waals surface area contributed by atoms with Gasteiger partial charge in [0.15, 0.2) is 5.65 Å². The van der Waals surface area contributed by atoms with E-state index in [0.717, 1.165) is 29.9 Å². The van der Waals surface area contributed by atoms with Crippen LogP contribution in [0.5, 0.6) is 5.88 Å².